The van der Waals surface area contributed by atoms with Gasteiger partial charge in [0.25, 0.3) is 0 Å². The second kappa shape index (κ2) is 8.47. The van der Waals surface area contributed by atoms with Crippen LogP contribution in [0.5, 0.6) is 11.5 Å². The molecule has 1 unspecified atom stereocenters. The molecule has 124 valence electrons. The molecular formula is C20H27NO2. The number of anilines is 1. The number of aryl methyl sites for hydroxylation is 2. The van der Waals surface area contributed by atoms with Gasteiger partial charge in [0, 0.05) is 11.8 Å². The van der Waals surface area contributed by atoms with Gasteiger partial charge in [0.05, 0.1) is 13.2 Å². The van der Waals surface area contributed by atoms with Crippen LogP contribution < -0.4 is 14.8 Å². The van der Waals surface area contributed by atoms with E-state index < -0.39 is 0 Å². The highest BCUT2D eigenvalue weighted by Gasteiger charge is 2.09. The van der Waals surface area contributed by atoms with Crippen molar-refractivity contribution >= 4 is 5.69 Å². The van der Waals surface area contributed by atoms with Crippen molar-refractivity contribution in [3.05, 3.63) is 53.6 Å². The Kier molecular flexibility index (Phi) is 6.33. The molecule has 0 aliphatic carbocycles. The average molecular weight is 313 g/mol. The van der Waals surface area contributed by atoms with Crippen molar-refractivity contribution in [3.63, 3.8) is 0 Å². The van der Waals surface area contributed by atoms with Crippen molar-refractivity contribution in [1.29, 1.82) is 0 Å². The lowest BCUT2D eigenvalue weighted by molar-refractivity contribution is 0.231. The monoisotopic (exact) mass is 313 g/mol. The number of ether oxygens (including phenoxy) is 2. The van der Waals surface area contributed by atoms with Gasteiger partial charge in [-0.2, -0.15) is 0 Å². The summed E-state index contributed by atoms with van der Waals surface area (Å²) >= 11 is 0. The van der Waals surface area contributed by atoms with Crippen molar-refractivity contribution in [3.8, 4) is 11.5 Å². The molecule has 0 aliphatic heterocycles. The minimum absolute atomic E-state index is 0.0787. The molecule has 2 rings (SSSR count). The highest BCUT2D eigenvalue weighted by Crippen LogP contribution is 2.24. The van der Waals surface area contributed by atoms with Crippen molar-refractivity contribution in [2.24, 2.45) is 0 Å². The molecule has 0 heterocycles. The number of hydrogen-bond acceptors (Lipinski definition) is 3. The van der Waals surface area contributed by atoms with Crippen LogP contribution in [0.25, 0.3) is 0 Å². The first kappa shape index (κ1) is 17.2. The van der Waals surface area contributed by atoms with Crippen molar-refractivity contribution in [2.45, 2.75) is 40.2 Å². The van der Waals surface area contributed by atoms with Gasteiger partial charge in [-0.25, -0.2) is 0 Å². The normalized spacial score (nSPS) is 11.8. The van der Waals surface area contributed by atoms with Crippen molar-refractivity contribution in [1.82, 2.24) is 0 Å². The summed E-state index contributed by atoms with van der Waals surface area (Å²) in [5, 5.41) is 3.42. The summed E-state index contributed by atoms with van der Waals surface area (Å²) in [7, 11) is 0. The molecule has 0 radical (unpaired) electrons. The molecule has 0 bridgehead atoms. The predicted molar refractivity (Wildman–Crippen MR) is 96.7 cm³/mol. The Labute approximate surface area is 139 Å². The molecule has 0 fully saturated rings. The van der Waals surface area contributed by atoms with Crippen LogP contribution in [-0.4, -0.2) is 19.3 Å². The van der Waals surface area contributed by atoms with Gasteiger partial charge in [-0.15, -0.1) is 0 Å². The third-order valence-electron chi connectivity index (χ3n) is 3.63. The zero-order valence-electron chi connectivity index (χ0n) is 14.6. The highest BCUT2D eigenvalue weighted by molar-refractivity contribution is 5.48. The lowest BCUT2D eigenvalue weighted by atomic mass is 10.1. The molecule has 1 N–H and O–H groups in total. The molecule has 0 amide bonds. The third-order valence-corrected chi connectivity index (χ3v) is 3.63. The van der Waals surface area contributed by atoms with Crippen LogP contribution in [0, 0.1) is 13.8 Å². The Morgan fingerprint density at radius 1 is 1.04 bits per heavy atom. The van der Waals surface area contributed by atoms with E-state index in [9.17, 15) is 0 Å². The maximum absolute atomic E-state index is 6.10. The van der Waals surface area contributed by atoms with Crippen molar-refractivity contribution in [2.75, 3.05) is 18.5 Å². The molecule has 1 atom stereocenters. The van der Waals surface area contributed by atoms with Gasteiger partial charge in [-0.3, -0.25) is 0 Å². The third kappa shape index (κ3) is 5.20. The van der Waals surface area contributed by atoms with Gasteiger partial charge in [0.1, 0.15) is 17.6 Å². The summed E-state index contributed by atoms with van der Waals surface area (Å²) in [6.45, 7) is 9.83. The fourth-order valence-corrected chi connectivity index (χ4v) is 2.41. The van der Waals surface area contributed by atoms with E-state index in [-0.39, 0.29) is 6.10 Å². The summed E-state index contributed by atoms with van der Waals surface area (Å²) in [6, 6.07) is 14.3. The van der Waals surface area contributed by atoms with E-state index in [1.54, 1.807) is 0 Å². The zero-order valence-corrected chi connectivity index (χ0v) is 14.6. The molecule has 23 heavy (non-hydrogen) atoms. The predicted octanol–water partition coefficient (Wildman–Crippen LogP) is 4.97. The van der Waals surface area contributed by atoms with Crippen LogP contribution >= 0.6 is 0 Å². The lowest BCUT2D eigenvalue weighted by Crippen LogP contribution is -2.23. The Balaban J connectivity index is 1.90. The minimum atomic E-state index is 0.0787. The van der Waals surface area contributed by atoms with Crippen LogP contribution in [0.1, 0.15) is 31.4 Å². The van der Waals surface area contributed by atoms with Crippen LogP contribution in [-0.2, 0) is 0 Å². The second-order valence-corrected chi connectivity index (χ2v) is 5.91. The van der Waals surface area contributed by atoms with Gasteiger partial charge < -0.3 is 14.8 Å². The SMILES string of the molecule is CCCOc1cccc(NCC(C)Oc2c(C)cccc2C)c1. The largest absolute Gasteiger partial charge is 0.494 e. The number of nitrogens with one attached hydrogen (secondary N) is 1. The van der Waals surface area contributed by atoms with E-state index >= 15 is 0 Å². The number of benzene rings is 2. The molecule has 3 heteroatoms. The molecule has 0 aromatic heterocycles. The van der Waals surface area contributed by atoms with E-state index in [1.807, 2.05) is 24.3 Å². The van der Waals surface area contributed by atoms with Crippen LogP contribution in [0.15, 0.2) is 42.5 Å². The van der Waals surface area contributed by atoms with Gasteiger partial charge in [0.15, 0.2) is 0 Å². The summed E-state index contributed by atoms with van der Waals surface area (Å²) in [5.41, 5.74) is 3.40. The molecule has 2 aromatic carbocycles. The Hall–Kier alpha value is -2.16. The fourth-order valence-electron chi connectivity index (χ4n) is 2.41. The number of para-hydroxylation sites is 1. The maximum atomic E-state index is 6.10. The molecule has 3 nitrogen and oxygen atoms in total. The smallest absolute Gasteiger partial charge is 0.125 e. The van der Waals surface area contributed by atoms with Gasteiger partial charge in [-0.1, -0.05) is 31.2 Å². The lowest BCUT2D eigenvalue weighted by Gasteiger charge is -2.19. The molecule has 0 saturated heterocycles. The topological polar surface area (TPSA) is 30.5 Å². The van der Waals surface area contributed by atoms with Gasteiger partial charge in [0.2, 0.25) is 0 Å². The molecule has 2 aromatic rings. The summed E-state index contributed by atoms with van der Waals surface area (Å²) < 4.78 is 11.8. The zero-order chi connectivity index (χ0) is 16.7. The molecule has 0 spiro atoms. The first-order valence-electron chi connectivity index (χ1n) is 8.29. The molecular weight excluding hydrogens is 286 g/mol. The minimum Gasteiger partial charge on any atom is -0.494 e. The summed E-state index contributed by atoms with van der Waals surface area (Å²) in [6.07, 6.45) is 1.09. The van der Waals surface area contributed by atoms with E-state index in [1.165, 1.54) is 11.1 Å². The van der Waals surface area contributed by atoms with Crippen LogP contribution in [0.3, 0.4) is 0 Å². The average Bonchev–Trinajstić information content (AvgIpc) is 2.55. The summed E-state index contributed by atoms with van der Waals surface area (Å²) in [5.74, 6) is 1.89. The fraction of sp³-hybridized carbons (Fsp3) is 0.400. The number of rotatable bonds is 8. The van der Waals surface area contributed by atoms with Gasteiger partial charge in [-0.05, 0) is 50.5 Å². The van der Waals surface area contributed by atoms with E-state index in [2.05, 4.69) is 51.2 Å². The van der Waals surface area contributed by atoms with Crippen molar-refractivity contribution < 1.29 is 9.47 Å². The highest BCUT2D eigenvalue weighted by atomic mass is 16.5. The summed E-state index contributed by atoms with van der Waals surface area (Å²) in [4.78, 5) is 0. The van der Waals surface area contributed by atoms with E-state index in [0.717, 1.165) is 36.8 Å². The van der Waals surface area contributed by atoms with E-state index in [0.29, 0.717) is 0 Å². The quantitative estimate of drug-likeness (QED) is 0.746. The Morgan fingerprint density at radius 2 is 1.74 bits per heavy atom. The number of hydrogen-bond donors (Lipinski definition) is 1. The van der Waals surface area contributed by atoms with Crippen LogP contribution in [0.4, 0.5) is 5.69 Å². The molecule has 0 aliphatic rings. The Bertz CT molecular complexity index is 605. The maximum Gasteiger partial charge on any atom is 0.125 e. The first-order valence-corrected chi connectivity index (χ1v) is 8.29. The Morgan fingerprint density at radius 3 is 2.43 bits per heavy atom. The van der Waals surface area contributed by atoms with Gasteiger partial charge >= 0.3 is 0 Å². The van der Waals surface area contributed by atoms with E-state index in [4.69, 9.17) is 9.47 Å². The first-order chi connectivity index (χ1) is 11.1. The second-order valence-electron chi connectivity index (χ2n) is 5.91. The molecule has 0 saturated carbocycles. The standard InChI is InChI=1S/C20H27NO2/c1-5-12-22-19-11-7-10-18(13-19)21-14-17(4)23-20-15(2)8-6-9-16(20)3/h6-11,13,17,21H,5,12,14H2,1-4H3. The van der Waals surface area contributed by atoms with Crippen LogP contribution in [0.2, 0.25) is 0 Å².